The molecular weight excluding hydrogens is 266 g/mol. The summed E-state index contributed by atoms with van der Waals surface area (Å²) in [5.41, 5.74) is 0.930. The highest BCUT2D eigenvalue weighted by molar-refractivity contribution is 7.08. The minimum Gasteiger partial charge on any atom is -0.449 e. The van der Waals surface area contributed by atoms with Gasteiger partial charge in [-0.25, -0.2) is 4.79 Å². The lowest BCUT2D eigenvalue weighted by Crippen LogP contribution is -2.37. The van der Waals surface area contributed by atoms with E-state index in [0.29, 0.717) is 13.2 Å². The Kier molecular flexibility index (Phi) is 6.84. The zero-order valence-corrected chi connectivity index (χ0v) is 11.7. The molecule has 0 aliphatic carbocycles. The van der Waals surface area contributed by atoms with E-state index in [2.05, 4.69) is 5.32 Å². The number of rotatable bonds is 7. The van der Waals surface area contributed by atoms with E-state index in [1.54, 1.807) is 24.5 Å². The summed E-state index contributed by atoms with van der Waals surface area (Å²) in [6.07, 6.45) is 2.13. The van der Waals surface area contributed by atoms with Crippen molar-refractivity contribution in [1.82, 2.24) is 5.32 Å². The summed E-state index contributed by atoms with van der Waals surface area (Å²) < 4.78 is 9.77. The standard InChI is InChI=1S/C13H17NO4S/c1-10(13(16)14-6-7-17-2)18-12(15)4-3-11-5-8-19-9-11/h3-5,8-10H,6-7H2,1-2H3,(H,14,16)/b4-3+/t10-/m0/s1. The van der Waals surface area contributed by atoms with Crippen LogP contribution in [0.2, 0.25) is 0 Å². The van der Waals surface area contributed by atoms with Gasteiger partial charge in [-0.2, -0.15) is 11.3 Å². The van der Waals surface area contributed by atoms with Crippen LogP contribution in [0.5, 0.6) is 0 Å². The fourth-order valence-corrected chi connectivity index (χ4v) is 1.85. The molecule has 0 bridgehead atoms. The van der Waals surface area contributed by atoms with Crippen molar-refractivity contribution >= 4 is 29.3 Å². The van der Waals surface area contributed by atoms with E-state index < -0.39 is 12.1 Å². The molecular formula is C13H17NO4S. The summed E-state index contributed by atoms with van der Waals surface area (Å²) in [7, 11) is 1.55. The number of carbonyl (C=O) groups is 2. The van der Waals surface area contributed by atoms with Crippen molar-refractivity contribution in [3.63, 3.8) is 0 Å². The number of amides is 1. The zero-order valence-electron chi connectivity index (χ0n) is 10.9. The average molecular weight is 283 g/mol. The maximum absolute atomic E-state index is 11.5. The number of hydrogen-bond donors (Lipinski definition) is 1. The molecule has 19 heavy (non-hydrogen) atoms. The van der Waals surface area contributed by atoms with Gasteiger partial charge in [0.25, 0.3) is 5.91 Å². The highest BCUT2D eigenvalue weighted by atomic mass is 32.1. The molecule has 5 nitrogen and oxygen atoms in total. The van der Waals surface area contributed by atoms with Crippen LogP contribution in [0.3, 0.4) is 0 Å². The molecule has 1 heterocycles. The Morgan fingerprint density at radius 2 is 2.32 bits per heavy atom. The molecule has 0 aliphatic heterocycles. The minimum absolute atomic E-state index is 0.339. The molecule has 0 saturated heterocycles. The van der Waals surface area contributed by atoms with Crippen LogP contribution in [0, 0.1) is 0 Å². The summed E-state index contributed by atoms with van der Waals surface area (Å²) in [4.78, 5) is 23.0. The third-order valence-corrected chi connectivity index (χ3v) is 2.92. The van der Waals surface area contributed by atoms with Gasteiger partial charge < -0.3 is 14.8 Å². The molecule has 104 valence electrons. The van der Waals surface area contributed by atoms with Crippen molar-refractivity contribution in [3.8, 4) is 0 Å². The van der Waals surface area contributed by atoms with Crippen LogP contribution in [-0.4, -0.2) is 38.2 Å². The molecule has 0 spiro atoms. The fraction of sp³-hybridized carbons (Fsp3) is 0.385. The lowest BCUT2D eigenvalue weighted by atomic mass is 10.3. The van der Waals surface area contributed by atoms with E-state index in [0.717, 1.165) is 5.56 Å². The lowest BCUT2D eigenvalue weighted by Gasteiger charge is -2.11. The van der Waals surface area contributed by atoms with Gasteiger partial charge in [0.1, 0.15) is 0 Å². The fourth-order valence-electron chi connectivity index (χ4n) is 1.22. The number of nitrogens with one attached hydrogen (secondary N) is 1. The molecule has 6 heteroatoms. The van der Waals surface area contributed by atoms with E-state index in [1.165, 1.54) is 13.0 Å². The Balaban J connectivity index is 2.33. The maximum atomic E-state index is 11.5. The van der Waals surface area contributed by atoms with E-state index in [4.69, 9.17) is 9.47 Å². The minimum atomic E-state index is -0.823. The maximum Gasteiger partial charge on any atom is 0.331 e. The van der Waals surface area contributed by atoms with Crippen molar-refractivity contribution in [2.24, 2.45) is 0 Å². The molecule has 0 unspecified atom stereocenters. The normalized spacial score (nSPS) is 12.3. The number of methoxy groups -OCH3 is 1. The molecule has 1 N–H and O–H groups in total. The van der Waals surface area contributed by atoms with Crippen LogP contribution in [0.4, 0.5) is 0 Å². The monoisotopic (exact) mass is 283 g/mol. The first-order chi connectivity index (χ1) is 9.13. The summed E-state index contributed by atoms with van der Waals surface area (Å²) >= 11 is 1.54. The smallest absolute Gasteiger partial charge is 0.331 e. The SMILES string of the molecule is COCCNC(=O)[C@H](C)OC(=O)/C=C/c1ccsc1. The molecule has 0 saturated carbocycles. The number of hydrogen-bond acceptors (Lipinski definition) is 5. The number of carbonyl (C=O) groups excluding carboxylic acids is 2. The third-order valence-electron chi connectivity index (χ3n) is 2.22. The lowest BCUT2D eigenvalue weighted by molar-refractivity contribution is -0.150. The third kappa shape index (κ3) is 6.17. The van der Waals surface area contributed by atoms with Crippen LogP contribution < -0.4 is 5.32 Å². The number of esters is 1. The molecule has 1 aromatic rings. The van der Waals surface area contributed by atoms with Gasteiger partial charge in [0, 0.05) is 19.7 Å². The van der Waals surface area contributed by atoms with Gasteiger partial charge in [-0.1, -0.05) is 0 Å². The second-order valence-corrected chi connectivity index (χ2v) is 4.53. The number of thiophene rings is 1. The average Bonchev–Trinajstić information content (AvgIpc) is 2.89. The van der Waals surface area contributed by atoms with E-state index in [9.17, 15) is 9.59 Å². The molecule has 1 atom stereocenters. The number of ether oxygens (including phenoxy) is 2. The highest BCUT2D eigenvalue weighted by Gasteiger charge is 2.15. The van der Waals surface area contributed by atoms with Crippen LogP contribution in [0.1, 0.15) is 12.5 Å². The highest BCUT2D eigenvalue weighted by Crippen LogP contribution is 2.07. The molecule has 1 amide bonds. The second-order valence-electron chi connectivity index (χ2n) is 3.75. The molecule has 0 aromatic carbocycles. The van der Waals surface area contributed by atoms with Gasteiger partial charge in [-0.05, 0) is 35.4 Å². The molecule has 0 radical (unpaired) electrons. The van der Waals surface area contributed by atoms with Crippen LogP contribution in [-0.2, 0) is 19.1 Å². The van der Waals surface area contributed by atoms with Gasteiger partial charge in [-0.3, -0.25) is 4.79 Å². The topological polar surface area (TPSA) is 64.6 Å². The molecule has 0 aliphatic rings. The van der Waals surface area contributed by atoms with E-state index in [-0.39, 0.29) is 5.91 Å². The van der Waals surface area contributed by atoms with Crippen molar-refractivity contribution in [3.05, 3.63) is 28.5 Å². The first-order valence-electron chi connectivity index (χ1n) is 5.81. The predicted molar refractivity (Wildman–Crippen MR) is 73.8 cm³/mol. The van der Waals surface area contributed by atoms with Gasteiger partial charge >= 0.3 is 5.97 Å². The van der Waals surface area contributed by atoms with Crippen molar-refractivity contribution in [2.45, 2.75) is 13.0 Å². The van der Waals surface area contributed by atoms with Crippen LogP contribution in [0.15, 0.2) is 22.9 Å². The molecule has 1 rings (SSSR count). The second kappa shape index (κ2) is 8.44. The Morgan fingerprint density at radius 3 is 2.95 bits per heavy atom. The predicted octanol–water partition coefficient (Wildman–Crippen LogP) is 1.46. The van der Waals surface area contributed by atoms with Gasteiger partial charge in [0.2, 0.25) is 0 Å². The summed E-state index contributed by atoms with van der Waals surface area (Å²) in [5.74, 6) is -0.880. The Bertz CT molecular complexity index is 428. The Hall–Kier alpha value is -1.66. The summed E-state index contributed by atoms with van der Waals surface area (Å²) in [6.45, 7) is 2.34. The van der Waals surface area contributed by atoms with Crippen LogP contribution in [0.25, 0.3) is 6.08 Å². The van der Waals surface area contributed by atoms with Crippen molar-refractivity contribution < 1.29 is 19.1 Å². The first-order valence-corrected chi connectivity index (χ1v) is 6.75. The Labute approximate surface area is 116 Å². The van der Waals surface area contributed by atoms with E-state index in [1.807, 2.05) is 16.8 Å². The van der Waals surface area contributed by atoms with Crippen molar-refractivity contribution in [2.75, 3.05) is 20.3 Å². The van der Waals surface area contributed by atoms with Gasteiger partial charge in [0.15, 0.2) is 6.10 Å². The molecule has 0 fully saturated rings. The van der Waals surface area contributed by atoms with Crippen molar-refractivity contribution in [1.29, 1.82) is 0 Å². The first kappa shape index (κ1) is 15.4. The summed E-state index contributed by atoms with van der Waals surface area (Å²) in [5, 5.41) is 6.42. The molecule has 1 aromatic heterocycles. The van der Waals surface area contributed by atoms with E-state index >= 15 is 0 Å². The van der Waals surface area contributed by atoms with Crippen LogP contribution >= 0.6 is 11.3 Å². The quantitative estimate of drug-likeness (QED) is 0.467. The largest absolute Gasteiger partial charge is 0.449 e. The summed E-state index contributed by atoms with van der Waals surface area (Å²) in [6, 6.07) is 1.88. The van der Waals surface area contributed by atoms with Gasteiger partial charge in [0.05, 0.1) is 6.61 Å². The zero-order chi connectivity index (χ0) is 14.1. The van der Waals surface area contributed by atoms with Gasteiger partial charge in [-0.15, -0.1) is 0 Å². The Morgan fingerprint density at radius 1 is 1.53 bits per heavy atom.